The lowest BCUT2D eigenvalue weighted by Crippen LogP contribution is -2.38. The third kappa shape index (κ3) is 5.89. The third-order valence-electron chi connectivity index (χ3n) is 5.25. The Labute approximate surface area is 200 Å². The predicted octanol–water partition coefficient (Wildman–Crippen LogP) is 5.26. The van der Waals surface area contributed by atoms with Crippen molar-refractivity contribution in [2.75, 3.05) is 29.0 Å². The number of hydrogen-bond acceptors (Lipinski definition) is 5. The molecular weight excluding hydrogens is 456 g/mol. The van der Waals surface area contributed by atoms with E-state index in [-0.39, 0.29) is 11.4 Å². The summed E-state index contributed by atoms with van der Waals surface area (Å²) < 4.78 is 33.7. The fourth-order valence-corrected chi connectivity index (χ4v) is 5.10. The molecule has 3 aromatic carbocycles. The van der Waals surface area contributed by atoms with Crippen LogP contribution in [0.3, 0.4) is 0 Å². The predicted molar refractivity (Wildman–Crippen MR) is 135 cm³/mol. The molecule has 0 aliphatic carbocycles. The number of thioether (sulfide) groups is 1. The van der Waals surface area contributed by atoms with Crippen molar-refractivity contribution in [2.45, 2.75) is 30.6 Å². The fourth-order valence-electron chi connectivity index (χ4n) is 3.27. The number of rotatable bonds is 9. The van der Waals surface area contributed by atoms with Gasteiger partial charge in [0.15, 0.2) is 0 Å². The van der Waals surface area contributed by atoms with Gasteiger partial charge in [0, 0.05) is 10.6 Å². The molecule has 0 unspecified atom stereocenters. The van der Waals surface area contributed by atoms with Gasteiger partial charge in [-0.15, -0.1) is 11.8 Å². The van der Waals surface area contributed by atoms with E-state index < -0.39 is 15.9 Å². The van der Waals surface area contributed by atoms with Crippen LogP contribution < -0.4 is 14.4 Å². The fraction of sp³-hybridized carbons (Fsp3) is 0.240. The Morgan fingerprint density at radius 3 is 2.27 bits per heavy atom. The molecule has 0 saturated heterocycles. The molecule has 0 aliphatic heterocycles. The molecule has 0 bridgehead atoms. The summed E-state index contributed by atoms with van der Waals surface area (Å²) in [5, 5.41) is 2.85. The average Bonchev–Trinajstić information content (AvgIpc) is 2.81. The first-order valence-corrected chi connectivity index (χ1v) is 13.2. The van der Waals surface area contributed by atoms with Crippen LogP contribution in [0.4, 0.5) is 11.4 Å². The minimum absolute atomic E-state index is 0.119. The number of sulfonamides is 1. The zero-order chi connectivity index (χ0) is 24.0. The molecule has 1 N–H and O–H groups in total. The number of nitrogens with zero attached hydrogens (tertiary/aromatic N) is 1. The van der Waals surface area contributed by atoms with Crippen LogP contribution in [-0.4, -0.2) is 33.7 Å². The first-order chi connectivity index (χ1) is 15.8. The molecule has 0 heterocycles. The van der Waals surface area contributed by atoms with E-state index in [0.29, 0.717) is 23.7 Å². The number of ether oxygens (including phenoxy) is 1. The number of carbonyl (C=O) groups excluding carboxylic acids is 1. The number of anilines is 2. The van der Waals surface area contributed by atoms with Crippen LogP contribution in [0.5, 0.6) is 5.75 Å². The van der Waals surface area contributed by atoms with E-state index in [0.717, 1.165) is 20.3 Å². The topological polar surface area (TPSA) is 75.7 Å². The second-order valence-electron chi connectivity index (χ2n) is 7.41. The number of carbonyl (C=O) groups is 1. The maximum atomic E-state index is 13.6. The van der Waals surface area contributed by atoms with E-state index in [1.54, 1.807) is 54.6 Å². The maximum absolute atomic E-state index is 13.6. The van der Waals surface area contributed by atoms with Crippen LogP contribution in [0.1, 0.15) is 18.1 Å². The van der Waals surface area contributed by atoms with Gasteiger partial charge in [0.2, 0.25) is 5.91 Å². The Morgan fingerprint density at radius 1 is 1.00 bits per heavy atom. The van der Waals surface area contributed by atoms with Gasteiger partial charge in [-0.2, -0.15) is 0 Å². The van der Waals surface area contributed by atoms with Gasteiger partial charge < -0.3 is 10.1 Å². The summed E-state index contributed by atoms with van der Waals surface area (Å²) >= 11 is 1.53. The summed E-state index contributed by atoms with van der Waals surface area (Å²) in [4.78, 5) is 14.0. The second kappa shape index (κ2) is 10.8. The van der Waals surface area contributed by atoms with Crippen LogP contribution in [0.15, 0.2) is 76.5 Å². The highest BCUT2D eigenvalue weighted by atomic mass is 32.2. The lowest BCUT2D eigenvalue weighted by molar-refractivity contribution is -0.114. The van der Waals surface area contributed by atoms with E-state index in [1.165, 1.54) is 11.8 Å². The lowest BCUT2D eigenvalue weighted by Gasteiger charge is -2.24. The van der Waals surface area contributed by atoms with Crippen LogP contribution in [0.2, 0.25) is 0 Å². The van der Waals surface area contributed by atoms with Crippen molar-refractivity contribution in [1.82, 2.24) is 0 Å². The van der Waals surface area contributed by atoms with Crippen molar-refractivity contribution in [2.24, 2.45) is 0 Å². The first kappa shape index (κ1) is 24.7. The Balaban J connectivity index is 1.95. The van der Waals surface area contributed by atoms with Gasteiger partial charge in [0.1, 0.15) is 12.3 Å². The molecule has 174 valence electrons. The number of aryl methyl sites for hydroxylation is 1. The second-order valence-corrected chi connectivity index (χ2v) is 10.2. The van der Waals surface area contributed by atoms with Gasteiger partial charge in [0.05, 0.1) is 17.2 Å². The number of amides is 1. The molecule has 0 atom stereocenters. The zero-order valence-corrected chi connectivity index (χ0v) is 20.8. The molecule has 6 nitrogen and oxygen atoms in total. The van der Waals surface area contributed by atoms with E-state index in [4.69, 9.17) is 4.74 Å². The van der Waals surface area contributed by atoms with Gasteiger partial charge in [-0.3, -0.25) is 9.10 Å². The van der Waals surface area contributed by atoms with Crippen molar-refractivity contribution in [3.8, 4) is 5.75 Å². The summed E-state index contributed by atoms with van der Waals surface area (Å²) in [5.74, 6) is 0.199. The Hall–Kier alpha value is -2.97. The van der Waals surface area contributed by atoms with E-state index in [1.807, 2.05) is 39.2 Å². The highest BCUT2D eigenvalue weighted by molar-refractivity contribution is 7.98. The molecule has 8 heteroatoms. The van der Waals surface area contributed by atoms with Crippen LogP contribution in [0, 0.1) is 13.8 Å². The van der Waals surface area contributed by atoms with Crippen LogP contribution in [0.25, 0.3) is 0 Å². The van der Waals surface area contributed by atoms with Crippen molar-refractivity contribution in [3.05, 3.63) is 77.9 Å². The van der Waals surface area contributed by atoms with Gasteiger partial charge in [0.25, 0.3) is 10.0 Å². The minimum Gasteiger partial charge on any atom is -0.494 e. The molecule has 0 spiro atoms. The molecule has 0 fully saturated rings. The molecule has 0 aliphatic rings. The number of benzene rings is 3. The van der Waals surface area contributed by atoms with E-state index >= 15 is 0 Å². The van der Waals surface area contributed by atoms with Gasteiger partial charge in [-0.1, -0.05) is 12.1 Å². The molecule has 3 rings (SSSR count). The molecule has 3 aromatic rings. The summed E-state index contributed by atoms with van der Waals surface area (Å²) in [6.45, 7) is 5.88. The standard InChI is InChI=1S/C25H28N2O4S2/c1-5-31-21-11-9-20(10-12-21)27(33(29,30)23-15-13-22(32-4)14-16-23)17-25(28)26-24-8-6-7-18(2)19(24)3/h6-16H,5,17H2,1-4H3,(H,26,28). The highest BCUT2D eigenvalue weighted by Crippen LogP contribution is 2.27. The van der Waals surface area contributed by atoms with Crippen molar-refractivity contribution >= 4 is 39.1 Å². The molecule has 1 amide bonds. The Kier molecular flexibility index (Phi) is 8.05. The summed E-state index contributed by atoms with van der Waals surface area (Å²) in [6, 6.07) is 18.9. The minimum atomic E-state index is -3.99. The molecule has 0 radical (unpaired) electrons. The highest BCUT2D eigenvalue weighted by Gasteiger charge is 2.27. The van der Waals surface area contributed by atoms with Crippen LogP contribution >= 0.6 is 11.8 Å². The lowest BCUT2D eigenvalue weighted by atomic mass is 10.1. The molecule has 0 saturated carbocycles. The van der Waals surface area contributed by atoms with E-state index in [9.17, 15) is 13.2 Å². The number of hydrogen-bond donors (Lipinski definition) is 1. The third-order valence-corrected chi connectivity index (χ3v) is 7.78. The monoisotopic (exact) mass is 484 g/mol. The Morgan fingerprint density at radius 2 is 1.67 bits per heavy atom. The van der Waals surface area contributed by atoms with Crippen molar-refractivity contribution < 1.29 is 17.9 Å². The first-order valence-electron chi connectivity index (χ1n) is 10.5. The summed E-state index contributed by atoms with van der Waals surface area (Å²) in [7, 11) is -3.99. The summed E-state index contributed by atoms with van der Waals surface area (Å²) in [6.07, 6.45) is 1.92. The van der Waals surface area contributed by atoms with Gasteiger partial charge >= 0.3 is 0 Å². The van der Waals surface area contributed by atoms with Crippen molar-refractivity contribution in [3.63, 3.8) is 0 Å². The summed E-state index contributed by atoms with van der Waals surface area (Å²) in [5.41, 5.74) is 3.02. The molecule has 33 heavy (non-hydrogen) atoms. The zero-order valence-electron chi connectivity index (χ0n) is 19.2. The SMILES string of the molecule is CCOc1ccc(N(CC(=O)Nc2cccc(C)c2C)S(=O)(=O)c2ccc(SC)cc2)cc1. The average molecular weight is 485 g/mol. The van der Waals surface area contributed by atoms with Crippen LogP contribution in [-0.2, 0) is 14.8 Å². The molecular formula is C25H28N2O4S2. The van der Waals surface area contributed by atoms with Gasteiger partial charge in [-0.25, -0.2) is 8.42 Å². The van der Waals surface area contributed by atoms with E-state index in [2.05, 4.69) is 5.32 Å². The largest absolute Gasteiger partial charge is 0.494 e. The maximum Gasteiger partial charge on any atom is 0.264 e. The Bertz CT molecular complexity index is 1210. The van der Waals surface area contributed by atoms with Crippen molar-refractivity contribution in [1.29, 1.82) is 0 Å². The normalized spacial score (nSPS) is 11.2. The number of nitrogens with one attached hydrogen (secondary N) is 1. The molecule has 0 aromatic heterocycles. The smallest absolute Gasteiger partial charge is 0.264 e. The van der Waals surface area contributed by atoms with Gasteiger partial charge in [-0.05, 0) is 92.8 Å². The quantitative estimate of drug-likeness (QED) is 0.420.